The second-order valence-corrected chi connectivity index (χ2v) is 5.86. The van der Waals surface area contributed by atoms with Gasteiger partial charge in [-0.15, -0.1) is 12.4 Å². The van der Waals surface area contributed by atoms with Crippen LogP contribution in [0.1, 0.15) is 32.3 Å². The van der Waals surface area contributed by atoms with Gasteiger partial charge in [0.2, 0.25) is 5.91 Å². The second-order valence-electron chi connectivity index (χ2n) is 5.86. The molecule has 0 radical (unpaired) electrons. The van der Waals surface area contributed by atoms with Crippen molar-refractivity contribution in [3.05, 3.63) is 29.8 Å². The van der Waals surface area contributed by atoms with Crippen LogP contribution in [0, 0.1) is 0 Å². The molecule has 0 aliphatic carbocycles. The summed E-state index contributed by atoms with van der Waals surface area (Å²) in [5, 5.41) is 2.98. The van der Waals surface area contributed by atoms with E-state index in [0.29, 0.717) is 26.4 Å². The monoisotopic (exact) mass is 342 g/mol. The zero-order chi connectivity index (χ0) is 16.0. The number of nitrogens with two attached hydrogens (primary N) is 1. The maximum atomic E-state index is 11.8. The largest absolute Gasteiger partial charge is 0.494 e. The SMILES string of the molecule is CCOc1ccc(C2(CNC(=O)[C@H](C)N)CCOCC2)cc1.Cl. The first-order valence-electron chi connectivity index (χ1n) is 7.92. The lowest BCUT2D eigenvalue weighted by Gasteiger charge is -2.38. The Hall–Kier alpha value is -1.30. The van der Waals surface area contributed by atoms with Crippen LogP contribution in [0.15, 0.2) is 24.3 Å². The molecule has 1 fully saturated rings. The van der Waals surface area contributed by atoms with Gasteiger partial charge in [-0.25, -0.2) is 0 Å². The van der Waals surface area contributed by atoms with Crippen LogP contribution >= 0.6 is 12.4 Å². The van der Waals surface area contributed by atoms with E-state index in [1.807, 2.05) is 19.1 Å². The number of hydrogen-bond donors (Lipinski definition) is 2. The van der Waals surface area contributed by atoms with Crippen molar-refractivity contribution in [3.63, 3.8) is 0 Å². The molecular formula is C17H27ClN2O3. The van der Waals surface area contributed by atoms with Crippen LogP contribution in [0.3, 0.4) is 0 Å². The van der Waals surface area contributed by atoms with Gasteiger partial charge in [-0.3, -0.25) is 4.79 Å². The molecule has 1 amide bonds. The Labute approximate surface area is 144 Å². The third-order valence-electron chi connectivity index (χ3n) is 4.24. The van der Waals surface area contributed by atoms with Crippen LogP contribution in [-0.2, 0) is 14.9 Å². The van der Waals surface area contributed by atoms with E-state index in [4.69, 9.17) is 15.2 Å². The van der Waals surface area contributed by atoms with Crippen LogP contribution in [0.5, 0.6) is 5.75 Å². The van der Waals surface area contributed by atoms with Crippen molar-refractivity contribution < 1.29 is 14.3 Å². The zero-order valence-electron chi connectivity index (χ0n) is 13.8. The molecule has 3 N–H and O–H groups in total. The standard InChI is InChI=1S/C17H26N2O3.ClH/c1-3-22-15-6-4-14(5-7-15)17(8-10-21-11-9-17)12-19-16(20)13(2)18;/h4-7,13H,3,8-12,18H2,1-2H3,(H,19,20);1H/t13-;/m0./s1. The van der Waals surface area contributed by atoms with Crippen LogP contribution in [0.25, 0.3) is 0 Å². The molecule has 0 spiro atoms. The quantitative estimate of drug-likeness (QED) is 0.829. The second kappa shape index (κ2) is 9.11. The lowest BCUT2D eigenvalue weighted by Crippen LogP contribution is -2.48. The van der Waals surface area contributed by atoms with Gasteiger partial charge in [0.1, 0.15) is 5.75 Å². The highest BCUT2D eigenvalue weighted by atomic mass is 35.5. The summed E-state index contributed by atoms with van der Waals surface area (Å²) in [6.07, 6.45) is 1.78. The molecule has 23 heavy (non-hydrogen) atoms. The van der Waals surface area contributed by atoms with Crippen molar-refractivity contribution in [1.29, 1.82) is 0 Å². The van der Waals surface area contributed by atoms with E-state index >= 15 is 0 Å². The minimum atomic E-state index is -0.489. The molecule has 1 saturated heterocycles. The summed E-state index contributed by atoms with van der Waals surface area (Å²) in [5.41, 5.74) is 6.76. The Morgan fingerprint density at radius 1 is 1.35 bits per heavy atom. The van der Waals surface area contributed by atoms with Crippen LogP contribution in [0.4, 0.5) is 0 Å². The van der Waals surface area contributed by atoms with Gasteiger partial charge in [0.25, 0.3) is 0 Å². The molecule has 0 bridgehead atoms. The third kappa shape index (κ3) is 5.09. The molecule has 1 atom stereocenters. The van der Waals surface area contributed by atoms with Crippen molar-refractivity contribution >= 4 is 18.3 Å². The van der Waals surface area contributed by atoms with Crippen molar-refractivity contribution in [2.24, 2.45) is 5.73 Å². The lowest BCUT2D eigenvalue weighted by atomic mass is 9.74. The molecular weight excluding hydrogens is 316 g/mol. The average Bonchev–Trinajstić information content (AvgIpc) is 2.54. The lowest BCUT2D eigenvalue weighted by molar-refractivity contribution is -0.122. The minimum absolute atomic E-state index is 0. The fourth-order valence-corrected chi connectivity index (χ4v) is 2.82. The average molecular weight is 343 g/mol. The third-order valence-corrected chi connectivity index (χ3v) is 4.24. The predicted octanol–water partition coefficient (Wildman–Crippen LogP) is 2.02. The van der Waals surface area contributed by atoms with Gasteiger partial charge in [-0.2, -0.15) is 0 Å². The molecule has 1 aliphatic heterocycles. The zero-order valence-corrected chi connectivity index (χ0v) is 14.7. The van der Waals surface area contributed by atoms with Crippen LogP contribution in [-0.4, -0.2) is 38.3 Å². The Kier molecular flexibility index (Phi) is 7.82. The van der Waals surface area contributed by atoms with Crippen molar-refractivity contribution in [1.82, 2.24) is 5.32 Å². The number of amides is 1. The number of nitrogens with one attached hydrogen (secondary N) is 1. The Morgan fingerprint density at radius 3 is 2.48 bits per heavy atom. The summed E-state index contributed by atoms with van der Waals surface area (Å²) < 4.78 is 11.0. The molecule has 2 rings (SSSR count). The summed E-state index contributed by atoms with van der Waals surface area (Å²) in [6, 6.07) is 7.67. The summed E-state index contributed by atoms with van der Waals surface area (Å²) >= 11 is 0. The molecule has 1 aromatic carbocycles. The van der Waals surface area contributed by atoms with Crippen molar-refractivity contribution in [3.8, 4) is 5.75 Å². The summed E-state index contributed by atoms with van der Waals surface area (Å²) in [6.45, 7) is 6.33. The van der Waals surface area contributed by atoms with E-state index in [0.717, 1.165) is 18.6 Å². The van der Waals surface area contributed by atoms with E-state index in [9.17, 15) is 4.79 Å². The van der Waals surface area contributed by atoms with Gasteiger partial charge in [0.05, 0.1) is 12.6 Å². The van der Waals surface area contributed by atoms with Crippen LogP contribution in [0.2, 0.25) is 0 Å². The highest BCUT2D eigenvalue weighted by molar-refractivity contribution is 5.85. The number of carbonyl (C=O) groups is 1. The van der Waals surface area contributed by atoms with E-state index in [1.165, 1.54) is 5.56 Å². The molecule has 130 valence electrons. The molecule has 0 unspecified atom stereocenters. The maximum Gasteiger partial charge on any atom is 0.236 e. The van der Waals surface area contributed by atoms with Gasteiger partial charge in [0, 0.05) is 25.2 Å². The molecule has 1 heterocycles. The predicted molar refractivity (Wildman–Crippen MR) is 93.2 cm³/mol. The molecule has 1 aliphatic rings. The summed E-state index contributed by atoms with van der Waals surface area (Å²) in [5.74, 6) is 0.755. The molecule has 1 aromatic rings. The fraction of sp³-hybridized carbons (Fsp3) is 0.588. The molecule has 5 nitrogen and oxygen atoms in total. The van der Waals surface area contributed by atoms with E-state index in [-0.39, 0.29) is 23.7 Å². The number of benzene rings is 1. The van der Waals surface area contributed by atoms with E-state index < -0.39 is 6.04 Å². The van der Waals surface area contributed by atoms with E-state index in [1.54, 1.807) is 6.92 Å². The highest BCUT2D eigenvalue weighted by Crippen LogP contribution is 2.35. The number of hydrogen-bond acceptors (Lipinski definition) is 4. The first-order valence-corrected chi connectivity index (χ1v) is 7.92. The van der Waals surface area contributed by atoms with Gasteiger partial charge < -0.3 is 20.5 Å². The summed E-state index contributed by atoms with van der Waals surface area (Å²) in [4.78, 5) is 11.8. The number of ether oxygens (including phenoxy) is 2. The molecule has 0 saturated carbocycles. The fourth-order valence-electron chi connectivity index (χ4n) is 2.82. The van der Waals surface area contributed by atoms with Crippen molar-refractivity contribution in [2.75, 3.05) is 26.4 Å². The Morgan fingerprint density at radius 2 is 1.96 bits per heavy atom. The molecule has 6 heteroatoms. The highest BCUT2D eigenvalue weighted by Gasteiger charge is 2.35. The van der Waals surface area contributed by atoms with E-state index in [2.05, 4.69) is 17.4 Å². The van der Waals surface area contributed by atoms with Gasteiger partial charge >= 0.3 is 0 Å². The minimum Gasteiger partial charge on any atom is -0.494 e. The van der Waals surface area contributed by atoms with Gasteiger partial charge in [0.15, 0.2) is 0 Å². The topological polar surface area (TPSA) is 73.6 Å². The Bertz CT molecular complexity index is 485. The van der Waals surface area contributed by atoms with Crippen molar-refractivity contribution in [2.45, 2.75) is 38.1 Å². The normalized spacial score (nSPS) is 17.7. The van der Waals surface area contributed by atoms with Gasteiger partial charge in [-0.1, -0.05) is 12.1 Å². The molecule has 0 aromatic heterocycles. The maximum absolute atomic E-state index is 11.8. The van der Waals surface area contributed by atoms with Crippen LogP contribution < -0.4 is 15.8 Å². The number of carbonyl (C=O) groups excluding carboxylic acids is 1. The number of halogens is 1. The Balaban J connectivity index is 0.00000264. The first kappa shape index (κ1) is 19.7. The first-order chi connectivity index (χ1) is 10.6. The van der Waals surface area contributed by atoms with Gasteiger partial charge in [-0.05, 0) is 44.4 Å². The number of rotatable bonds is 6. The summed E-state index contributed by atoms with van der Waals surface area (Å²) in [7, 11) is 0. The smallest absolute Gasteiger partial charge is 0.236 e.